The van der Waals surface area contributed by atoms with Crippen molar-refractivity contribution in [2.24, 2.45) is 0 Å². The standard InChI is InChI=1S/C23H19Cl2N3O2/c24-17-10-11-21(18(25)12-17)30-15-22-27-19-8-4-5-9-20(19)28(22)14-23(29)26-13-16-6-2-1-3-7-16/h1-12H,13-15H2,(H,26,29). The molecule has 0 spiro atoms. The van der Waals surface area contributed by atoms with Crippen LogP contribution in [-0.4, -0.2) is 15.5 Å². The number of aromatic nitrogens is 2. The highest BCUT2D eigenvalue weighted by molar-refractivity contribution is 6.35. The minimum Gasteiger partial charge on any atom is -0.484 e. The van der Waals surface area contributed by atoms with Crippen LogP contribution in [0.4, 0.5) is 0 Å². The maximum absolute atomic E-state index is 12.6. The number of carbonyl (C=O) groups excluding carboxylic acids is 1. The lowest BCUT2D eigenvalue weighted by Crippen LogP contribution is -2.28. The van der Waals surface area contributed by atoms with Crippen LogP contribution in [0.2, 0.25) is 10.0 Å². The zero-order chi connectivity index (χ0) is 20.9. The van der Waals surface area contributed by atoms with Crippen LogP contribution in [0.15, 0.2) is 72.8 Å². The van der Waals surface area contributed by atoms with E-state index in [9.17, 15) is 4.79 Å². The molecular weight excluding hydrogens is 421 g/mol. The van der Waals surface area contributed by atoms with Crippen molar-refractivity contribution in [1.29, 1.82) is 0 Å². The number of hydrogen-bond donors (Lipinski definition) is 1. The zero-order valence-corrected chi connectivity index (χ0v) is 17.5. The first-order valence-electron chi connectivity index (χ1n) is 9.43. The highest BCUT2D eigenvalue weighted by atomic mass is 35.5. The van der Waals surface area contributed by atoms with Crippen LogP contribution >= 0.6 is 23.2 Å². The molecule has 1 N–H and O–H groups in total. The van der Waals surface area contributed by atoms with E-state index >= 15 is 0 Å². The predicted molar refractivity (Wildman–Crippen MR) is 119 cm³/mol. The average molecular weight is 440 g/mol. The molecule has 5 nitrogen and oxygen atoms in total. The van der Waals surface area contributed by atoms with Gasteiger partial charge < -0.3 is 14.6 Å². The summed E-state index contributed by atoms with van der Waals surface area (Å²) in [6.45, 7) is 0.779. The smallest absolute Gasteiger partial charge is 0.240 e. The first-order valence-corrected chi connectivity index (χ1v) is 10.2. The number of fused-ring (bicyclic) bond motifs is 1. The maximum Gasteiger partial charge on any atom is 0.240 e. The second kappa shape index (κ2) is 9.20. The summed E-state index contributed by atoms with van der Waals surface area (Å²) in [7, 11) is 0. The number of nitrogens with one attached hydrogen (secondary N) is 1. The van der Waals surface area contributed by atoms with Crippen molar-refractivity contribution in [2.45, 2.75) is 19.7 Å². The molecule has 4 rings (SSSR count). The minimum absolute atomic E-state index is 0.104. The molecule has 30 heavy (non-hydrogen) atoms. The average Bonchev–Trinajstić information content (AvgIpc) is 3.10. The van der Waals surface area contributed by atoms with Gasteiger partial charge in [-0.05, 0) is 35.9 Å². The summed E-state index contributed by atoms with van der Waals surface area (Å²) >= 11 is 12.1. The van der Waals surface area contributed by atoms with Crippen LogP contribution in [0.5, 0.6) is 5.75 Å². The number of benzene rings is 3. The van der Waals surface area contributed by atoms with Crippen molar-refractivity contribution in [2.75, 3.05) is 0 Å². The molecular formula is C23H19Cl2N3O2. The lowest BCUT2D eigenvalue weighted by Gasteiger charge is -2.12. The Morgan fingerprint density at radius 3 is 2.57 bits per heavy atom. The lowest BCUT2D eigenvalue weighted by molar-refractivity contribution is -0.121. The van der Waals surface area contributed by atoms with E-state index in [2.05, 4.69) is 10.3 Å². The van der Waals surface area contributed by atoms with E-state index in [1.54, 1.807) is 18.2 Å². The molecule has 0 aliphatic heterocycles. The van der Waals surface area contributed by atoms with E-state index in [4.69, 9.17) is 27.9 Å². The van der Waals surface area contributed by atoms with Gasteiger partial charge in [-0.2, -0.15) is 0 Å². The van der Waals surface area contributed by atoms with Gasteiger partial charge in [0.05, 0.1) is 16.1 Å². The third-order valence-electron chi connectivity index (χ3n) is 4.62. The third kappa shape index (κ3) is 4.75. The highest BCUT2D eigenvalue weighted by Gasteiger charge is 2.15. The van der Waals surface area contributed by atoms with Crippen LogP contribution in [0, 0.1) is 0 Å². The summed E-state index contributed by atoms with van der Waals surface area (Å²) in [6.07, 6.45) is 0. The lowest BCUT2D eigenvalue weighted by atomic mass is 10.2. The number of ether oxygens (including phenoxy) is 1. The molecule has 4 aromatic rings. The maximum atomic E-state index is 12.6. The first kappa shape index (κ1) is 20.3. The number of halogens is 2. The zero-order valence-electron chi connectivity index (χ0n) is 16.0. The molecule has 0 saturated carbocycles. The van der Waals surface area contributed by atoms with Crippen molar-refractivity contribution in [1.82, 2.24) is 14.9 Å². The number of rotatable bonds is 7. The fourth-order valence-electron chi connectivity index (χ4n) is 3.14. The van der Waals surface area contributed by atoms with Crippen LogP contribution in [-0.2, 0) is 24.5 Å². The van der Waals surface area contributed by atoms with Gasteiger partial charge in [0.25, 0.3) is 0 Å². The number of amides is 1. The minimum atomic E-state index is -0.104. The molecule has 0 saturated heterocycles. The molecule has 1 amide bonds. The molecule has 0 radical (unpaired) electrons. The Labute approximate surface area is 184 Å². The fourth-order valence-corrected chi connectivity index (χ4v) is 3.61. The molecule has 0 bridgehead atoms. The van der Waals surface area contributed by atoms with Crippen LogP contribution in [0.1, 0.15) is 11.4 Å². The Morgan fingerprint density at radius 2 is 1.77 bits per heavy atom. The molecule has 0 atom stereocenters. The van der Waals surface area contributed by atoms with Crippen LogP contribution in [0.25, 0.3) is 11.0 Å². The van der Waals surface area contributed by atoms with Crippen LogP contribution in [0.3, 0.4) is 0 Å². The number of para-hydroxylation sites is 2. The quantitative estimate of drug-likeness (QED) is 0.428. The molecule has 1 heterocycles. The normalized spacial score (nSPS) is 10.9. The van der Waals surface area contributed by atoms with Crippen molar-refractivity contribution >= 4 is 40.1 Å². The van der Waals surface area contributed by atoms with Crippen LogP contribution < -0.4 is 10.1 Å². The van der Waals surface area contributed by atoms with Gasteiger partial charge in [0, 0.05) is 11.6 Å². The molecule has 0 aliphatic carbocycles. The van der Waals surface area contributed by atoms with Gasteiger partial charge in [0.15, 0.2) is 0 Å². The van der Waals surface area contributed by atoms with Gasteiger partial charge in [0.1, 0.15) is 24.7 Å². The fraction of sp³-hybridized carbons (Fsp3) is 0.130. The molecule has 1 aromatic heterocycles. The van der Waals surface area contributed by atoms with Gasteiger partial charge in [0.2, 0.25) is 5.91 Å². The van der Waals surface area contributed by atoms with E-state index in [0.29, 0.717) is 28.2 Å². The largest absolute Gasteiger partial charge is 0.484 e. The Kier molecular flexibility index (Phi) is 6.21. The molecule has 7 heteroatoms. The molecule has 0 unspecified atom stereocenters. The molecule has 0 aliphatic rings. The van der Waals surface area contributed by atoms with E-state index < -0.39 is 0 Å². The van der Waals surface area contributed by atoms with Crippen molar-refractivity contribution < 1.29 is 9.53 Å². The number of imidazole rings is 1. The van der Waals surface area contributed by atoms with Gasteiger partial charge >= 0.3 is 0 Å². The van der Waals surface area contributed by atoms with E-state index in [1.807, 2.05) is 59.2 Å². The Morgan fingerprint density at radius 1 is 1.00 bits per heavy atom. The topological polar surface area (TPSA) is 56.2 Å². The monoisotopic (exact) mass is 439 g/mol. The molecule has 0 fully saturated rings. The van der Waals surface area contributed by atoms with E-state index in [1.165, 1.54) is 0 Å². The van der Waals surface area contributed by atoms with Gasteiger partial charge in [-0.1, -0.05) is 65.7 Å². The summed E-state index contributed by atoms with van der Waals surface area (Å²) in [5.74, 6) is 1.04. The number of hydrogen-bond acceptors (Lipinski definition) is 3. The third-order valence-corrected chi connectivity index (χ3v) is 5.15. The summed E-state index contributed by atoms with van der Waals surface area (Å²) in [5, 5.41) is 3.91. The van der Waals surface area contributed by atoms with E-state index in [0.717, 1.165) is 16.6 Å². The van der Waals surface area contributed by atoms with Gasteiger partial charge in [-0.25, -0.2) is 4.98 Å². The van der Waals surface area contributed by atoms with Crippen molar-refractivity contribution in [3.8, 4) is 5.75 Å². The summed E-state index contributed by atoms with van der Waals surface area (Å²) in [6, 6.07) is 22.5. The predicted octanol–water partition coefficient (Wildman–Crippen LogP) is 5.24. The second-order valence-corrected chi connectivity index (χ2v) is 7.57. The Hall–Kier alpha value is -3.02. The second-order valence-electron chi connectivity index (χ2n) is 6.73. The van der Waals surface area contributed by atoms with Gasteiger partial charge in [-0.15, -0.1) is 0 Å². The summed E-state index contributed by atoms with van der Waals surface area (Å²) in [4.78, 5) is 17.2. The molecule has 3 aromatic carbocycles. The van der Waals surface area contributed by atoms with Gasteiger partial charge in [-0.3, -0.25) is 4.79 Å². The first-order chi connectivity index (χ1) is 14.6. The Bertz CT molecular complexity index is 1180. The number of nitrogens with zero attached hydrogens (tertiary/aromatic N) is 2. The van der Waals surface area contributed by atoms with Crippen molar-refractivity contribution in [3.05, 3.63) is 94.2 Å². The number of carbonyl (C=O) groups is 1. The molecule has 152 valence electrons. The Balaban J connectivity index is 1.51. The summed E-state index contributed by atoms with van der Waals surface area (Å²) in [5.41, 5.74) is 2.71. The van der Waals surface area contributed by atoms with E-state index in [-0.39, 0.29) is 19.1 Å². The summed E-state index contributed by atoms with van der Waals surface area (Å²) < 4.78 is 7.71. The SMILES string of the molecule is O=C(Cn1c(COc2ccc(Cl)cc2Cl)nc2ccccc21)NCc1ccccc1. The van der Waals surface area contributed by atoms with Crippen molar-refractivity contribution in [3.63, 3.8) is 0 Å². The highest BCUT2D eigenvalue weighted by Crippen LogP contribution is 2.28.